The molecule has 1 atom stereocenters. The molecule has 1 aromatic heterocycles. The molecule has 5 nitrogen and oxygen atoms in total. The van der Waals surface area contributed by atoms with Crippen molar-refractivity contribution in [2.75, 3.05) is 18.4 Å². The number of benzene rings is 2. The molecule has 2 amide bonds. The number of pyridine rings is 1. The highest BCUT2D eigenvalue weighted by atomic mass is 16.2. The zero-order valence-corrected chi connectivity index (χ0v) is 14.4. The predicted octanol–water partition coefficient (Wildman–Crippen LogP) is 3.94. The van der Waals surface area contributed by atoms with E-state index in [4.69, 9.17) is 0 Å². The summed E-state index contributed by atoms with van der Waals surface area (Å²) in [5, 5.41) is 4.31. The van der Waals surface area contributed by atoms with Crippen molar-refractivity contribution in [1.82, 2.24) is 9.88 Å². The minimum atomic E-state index is -0.152. The lowest BCUT2D eigenvalue weighted by molar-refractivity contribution is 0.193. The molecule has 4 rings (SSSR count). The van der Waals surface area contributed by atoms with Crippen LogP contribution in [-0.4, -0.2) is 29.0 Å². The quantitative estimate of drug-likeness (QED) is 0.737. The molecule has 1 unspecified atom stereocenters. The van der Waals surface area contributed by atoms with E-state index in [-0.39, 0.29) is 11.6 Å². The first kappa shape index (κ1) is 16.4. The van der Waals surface area contributed by atoms with Crippen molar-refractivity contribution in [3.63, 3.8) is 0 Å². The van der Waals surface area contributed by atoms with E-state index in [2.05, 4.69) is 22.4 Å². The summed E-state index contributed by atoms with van der Waals surface area (Å²) in [6, 6.07) is 17.4. The van der Waals surface area contributed by atoms with E-state index < -0.39 is 0 Å². The number of urea groups is 1. The number of hydrogen-bond donors (Lipinski definition) is 2. The number of fused-ring (bicyclic) bond motifs is 1. The summed E-state index contributed by atoms with van der Waals surface area (Å²) in [4.78, 5) is 29.3. The predicted molar refractivity (Wildman–Crippen MR) is 104 cm³/mol. The summed E-state index contributed by atoms with van der Waals surface area (Å²) in [5.74, 6) is 0.367. The molecule has 2 aromatic carbocycles. The third-order valence-electron chi connectivity index (χ3n) is 5.04. The summed E-state index contributed by atoms with van der Waals surface area (Å²) < 4.78 is 0. The van der Waals surface area contributed by atoms with Gasteiger partial charge in [0.1, 0.15) is 0 Å². The van der Waals surface area contributed by atoms with Gasteiger partial charge in [-0.2, -0.15) is 0 Å². The van der Waals surface area contributed by atoms with Gasteiger partial charge in [-0.15, -0.1) is 0 Å². The average Bonchev–Trinajstić information content (AvgIpc) is 2.69. The highest BCUT2D eigenvalue weighted by molar-refractivity contribution is 6.01. The number of piperidine rings is 1. The molecule has 1 aliphatic rings. The van der Waals surface area contributed by atoms with Gasteiger partial charge in [-0.05, 0) is 36.6 Å². The number of amides is 2. The lowest BCUT2D eigenvalue weighted by atomic mass is 9.91. The lowest BCUT2D eigenvalue weighted by Crippen LogP contribution is -2.41. The number of anilines is 1. The van der Waals surface area contributed by atoms with Crippen LogP contribution >= 0.6 is 0 Å². The van der Waals surface area contributed by atoms with Gasteiger partial charge in [0.15, 0.2) is 0 Å². The molecule has 1 aliphatic heterocycles. The first-order valence-corrected chi connectivity index (χ1v) is 8.93. The van der Waals surface area contributed by atoms with E-state index in [1.54, 1.807) is 18.3 Å². The maximum absolute atomic E-state index is 12.8. The summed E-state index contributed by atoms with van der Waals surface area (Å²) >= 11 is 0. The van der Waals surface area contributed by atoms with Gasteiger partial charge in [0, 0.05) is 36.0 Å². The second-order valence-electron chi connectivity index (χ2n) is 6.70. The van der Waals surface area contributed by atoms with Gasteiger partial charge in [0.05, 0.1) is 5.69 Å². The van der Waals surface area contributed by atoms with E-state index in [1.165, 1.54) is 5.56 Å². The smallest absolute Gasteiger partial charge is 0.321 e. The van der Waals surface area contributed by atoms with Crippen LogP contribution in [0.4, 0.5) is 10.5 Å². The van der Waals surface area contributed by atoms with Crippen LogP contribution in [0, 0.1) is 0 Å². The Morgan fingerprint density at radius 2 is 1.88 bits per heavy atom. The van der Waals surface area contributed by atoms with Gasteiger partial charge in [-0.1, -0.05) is 36.4 Å². The number of H-pyrrole nitrogens is 1. The van der Waals surface area contributed by atoms with Crippen LogP contribution in [0.25, 0.3) is 10.8 Å². The van der Waals surface area contributed by atoms with Crippen molar-refractivity contribution >= 4 is 22.5 Å². The van der Waals surface area contributed by atoms with E-state index in [0.29, 0.717) is 23.5 Å². The van der Waals surface area contributed by atoms with Crippen LogP contribution < -0.4 is 10.9 Å². The second kappa shape index (κ2) is 7.04. The Morgan fingerprint density at radius 1 is 1.04 bits per heavy atom. The zero-order valence-electron chi connectivity index (χ0n) is 14.4. The fraction of sp³-hybridized carbons (Fsp3) is 0.238. The van der Waals surface area contributed by atoms with Crippen LogP contribution in [0.5, 0.6) is 0 Å². The molecule has 1 saturated heterocycles. The fourth-order valence-corrected chi connectivity index (χ4v) is 3.68. The molecule has 3 aromatic rings. The van der Waals surface area contributed by atoms with Crippen molar-refractivity contribution in [3.8, 4) is 0 Å². The lowest BCUT2D eigenvalue weighted by Gasteiger charge is -2.33. The van der Waals surface area contributed by atoms with Gasteiger partial charge in [0.2, 0.25) is 0 Å². The SMILES string of the molecule is O=C(Nc1cccc2c(=O)[nH]ccc12)N1CCCC(c2ccccc2)C1. The standard InChI is InChI=1S/C21H21N3O2/c25-20-18-9-4-10-19(17(18)11-12-22-20)23-21(26)24-13-5-8-16(14-24)15-6-2-1-3-7-15/h1-4,6-7,9-12,16H,5,8,13-14H2,(H,22,25)(H,23,26). The van der Waals surface area contributed by atoms with E-state index >= 15 is 0 Å². The Hall–Kier alpha value is -3.08. The minimum Gasteiger partial charge on any atom is -0.329 e. The number of nitrogens with zero attached hydrogens (tertiary/aromatic N) is 1. The summed E-state index contributed by atoms with van der Waals surface area (Å²) in [7, 11) is 0. The Bertz CT molecular complexity index is 981. The maximum Gasteiger partial charge on any atom is 0.321 e. The molecule has 1 fully saturated rings. The Balaban J connectivity index is 1.53. The number of hydrogen-bond acceptors (Lipinski definition) is 2. The largest absolute Gasteiger partial charge is 0.329 e. The molecule has 0 spiro atoms. The average molecular weight is 347 g/mol. The first-order chi connectivity index (χ1) is 12.7. The first-order valence-electron chi connectivity index (χ1n) is 8.93. The van der Waals surface area contributed by atoms with E-state index in [9.17, 15) is 9.59 Å². The van der Waals surface area contributed by atoms with Crippen molar-refractivity contribution in [1.29, 1.82) is 0 Å². The Kier molecular flexibility index (Phi) is 4.44. The molecular weight excluding hydrogens is 326 g/mol. The number of aromatic amines is 1. The van der Waals surface area contributed by atoms with Gasteiger partial charge in [-0.3, -0.25) is 4.79 Å². The highest BCUT2D eigenvalue weighted by Crippen LogP contribution is 2.27. The van der Waals surface area contributed by atoms with Gasteiger partial charge in [0.25, 0.3) is 5.56 Å². The van der Waals surface area contributed by atoms with E-state index in [0.717, 1.165) is 24.8 Å². The molecule has 132 valence electrons. The molecule has 2 heterocycles. The van der Waals surface area contributed by atoms with Gasteiger partial charge < -0.3 is 15.2 Å². The normalized spacial score (nSPS) is 17.2. The number of carbonyl (C=O) groups excluding carboxylic acids is 1. The number of carbonyl (C=O) groups is 1. The van der Waals surface area contributed by atoms with Crippen LogP contribution in [0.3, 0.4) is 0 Å². The Labute approximate surface area is 151 Å². The fourth-order valence-electron chi connectivity index (χ4n) is 3.68. The minimum absolute atomic E-state index is 0.113. The van der Waals surface area contributed by atoms with Gasteiger partial charge >= 0.3 is 6.03 Å². The highest BCUT2D eigenvalue weighted by Gasteiger charge is 2.25. The number of aromatic nitrogens is 1. The molecule has 5 heteroatoms. The summed E-state index contributed by atoms with van der Waals surface area (Å²) in [5.41, 5.74) is 1.79. The van der Waals surface area contributed by atoms with Crippen molar-refractivity contribution < 1.29 is 4.79 Å². The molecule has 0 bridgehead atoms. The van der Waals surface area contributed by atoms with Gasteiger partial charge in [-0.25, -0.2) is 4.79 Å². The van der Waals surface area contributed by atoms with Crippen LogP contribution in [0.15, 0.2) is 65.6 Å². The summed E-state index contributed by atoms with van der Waals surface area (Å²) in [6.07, 6.45) is 3.69. The van der Waals surface area contributed by atoms with E-state index in [1.807, 2.05) is 35.2 Å². The second-order valence-corrected chi connectivity index (χ2v) is 6.70. The number of nitrogens with one attached hydrogen (secondary N) is 2. The topological polar surface area (TPSA) is 65.2 Å². The van der Waals surface area contributed by atoms with Crippen molar-refractivity contribution in [2.24, 2.45) is 0 Å². The molecular formula is C21H21N3O2. The third kappa shape index (κ3) is 3.20. The Morgan fingerprint density at radius 3 is 2.73 bits per heavy atom. The monoisotopic (exact) mass is 347 g/mol. The van der Waals surface area contributed by atoms with Crippen molar-refractivity contribution in [2.45, 2.75) is 18.8 Å². The molecule has 0 radical (unpaired) electrons. The van der Waals surface area contributed by atoms with Crippen LogP contribution in [-0.2, 0) is 0 Å². The molecule has 0 saturated carbocycles. The van der Waals surface area contributed by atoms with Crippen LogP contribution in [0.2, 0.25) is 0 Å². The number of rotatable bonds is 2. The maximum atomic E-state index is 12.8. The van der Waals surface area contributed by atoms with Crippen LogP contribution in [0.1, 0.15) is 24.3 Å². The summed E-state index contributed by atoms with van der Waals surface area (Å²) in [6.45, 7) is 1.46. The third-order valence-corrected chi connectivity index (χ3v) is 5.04. The van der Waals surface area contributed by atoms with Crippen molar-refractivity contribution in [3.05, 3.63) is 76.7 Å². The zero-order chi connectivity index (χ0) is 17.9. The molecule has 2 N–H and O–H groups in total. The number of likely N-dealkylation sites (tertiary alicyclic amines) is 1. The molecule has 0 aliphatic carbocycles. The molecule has 26 heavy (non-hydrogen) atoms.